The first-order chi connectivity index (χ1) is 8.41. The number of carbonyl (C=O) groups is 2. The Morgan fingerprint density at radius 3 is 2.17 bits per heavy atom. The third-order valence-electron chi connectivity index (χ3n) is 2.33. The fourth-order valence-electron chi connectivity index (χ4n) is 1.46. The van der Waals surface area contributed by atoms with Crippen LogP contribution in [-0.4, -0.2) is 45.5 Å². The molecule has 0 unspecified atom stereocenters. The number of alkyl halides is 3. The summed E-state index contributed by atoms with van der Waals surface area (Å²) >= 11 is 0. The number of methoxy groups -OCH3 is 1. The quantitative estimate of drug-likeness (QED) is 0.576. The van der Waals surface area contributed by atoms with Gasteiger partial charge < -0.3 is 14.4 Å². The van der Waals surface area contributed by atoms with E-state index in [-0.39, 0.29) is 0 Å². The number of nitrogens with one attached hydrogen (secondary N) is 1. The van der Waals surface area contributed by atoms with E-state index in [4.69, 9.17) is 0 Å². The predicted molar refractivity (Wildman–Crippen MR) is 54.6 cm³/mol. The minimum atomic E-state index is -4.85. The number of hydrogen-bond donors (Lipinski definition) is 1. The lowest BCUT2D eigenvalue weighted by molar-refractivity contribution is -0.921. The Bertz CT molecular complexity index is 252. The second-order valence-corrected chi connectivity index (χ2v) is 3.71. The van der Waals surface area contributed by atoms with Crippen LogP contribution < -0.4 is 4.90 Å². The molecular weight excluding hydrogens is 255 g/mol. The molecule has 8 heteroatoms. The van der Waals surface area contributed by atoms with Crippen LogP contribution in [0, 0.1) is 0 Å². The van der Waals surface area contributed by atoms with Crippen molar-refractivity contribution in [2.45, 2.75) is 25.4 Å². The third-order valence-corrected chi connectivity index (χ3v) is 2.33. The van der Waals surface area contributed by atoms with Gasteiger partial charge in [-0.3, -0.25) is 4.79 Å². The van der Waals surface area contributed by atoms with Gasteiger partial charge in [-0.2, -0.15) is 13.2 Å². The van der Waals surface area contributed by atoms with Crippen molar-refractivity contribution in [3.63, 3.8) is 0 Å². The number of quaternary nitrogens is 1. The molecule has 0 aromatic rings. The molecule has 1 heterocycles. The highest BCUT2D eigenvalue weighted by atomic mass is 19.4. The van der Waals surface area contributed by atoms with E-state index in [9.17, 15) is 22.8 Å². The molecule has 1 aliphatic rings. The van der Waals surface area contributed by atoms with Gasteiger partial charge in [0.05, 0.1) is 20.2 Å². The van der Waals surface area contributed by atoms with Crippen molar-refractivity contribution < 1.29 is 37.1 Å². The van der Waals surface area contributed by atoms with E-state index in [0.29, 0.717) is 20.3 Å². The van der Waals surface area contributed by atoms with Crippen molar-refractivity contribution in [3.8, 4) is 0 Å². The molecule has 0 aromatic heterocycles. The molecule has 1 N–H and O–H groups in total. The molecule has 0 amide bonds. The fraction of sp³-hybridized carbons (Fsp3) is 0.800. The molecule has 1 aliphatic heterocycles. The number of piperidine rings is 1. The first-order valence-electron chi connectivity index (χ1n) is 5.45. The van der Waals surface area contributed by atoms with Crippen LogP contribution in [0.15, 0.2) is 0 Å². The lowest BCUT2D eigenvalue weighted by atomic mass is 10.1. The number of rotatable bonds is 3. The summed E-state index contributed by atoms with van der Waals surface area (Å²) in [5.74, 6) is -2.17. The summed E-state index contributed by atoms with van der Waals surface area (Å²) < 4.78 is 40.9. The Balaban J connectivity index is 0.000000331. The standard InChI is InChI=1S/C7H13NO2.C3H3F3O2/c9-7-10-6-8-4-2-1-3-5-8;1-8-2(7)3(4,5)6/h7H,1-6H2;1H3/p+1. The summed E-state index contributed by atoms with van der Waals surface area (Å²) in [6.07, 6.45) is -0.964. The number of carbonyl (C=O) groups excluding carboxylic acids is 2. The highest BCUT2D eigenvalue weighted by Crippen LogP contribution is 2.15. The summed E-state index contributed by atoms with van der Waals surface area (Å²) in [5.41, 5.74) is 0. The van der Waals surface area contributed by atoms with Gasteiger partial charge in [-0.05, 0) is 19.3 Å². The van der Waals surface area contributed by atoms with Crippen LogP contribution in [0.4, 0.5) is 13.2 Å². The van der Waals surface area contributed by atoms with Crippen molar-refractivity contribution in [2.75, 3.05) is 26.9 Å². The Kier molecular flexibility index (Phi) is 8.10. The van der Waals surface area contributed by atoms with E-state index in [1.54, 1.807) is 0 Å². The average Bonchev–Trinajstić information content (AvgIpc) is 2.36. The van der Waals surface area contributed by atoms with E-state index >= 15 is 0 Å². The van der Waals surface area contributed by atoms with Crippen LogP contribution in [0.2, 0.25) is 0 Å². The van der Waals surface area contributed by atoms with Crippen LogP contribution >= 0.6 is 0 Å². The Labute approximate surface area is 103 Å². The second-order valence-electron chi connectivity index (χ2n) is 3.71. The third kappa shape index (κ3) is 7.88. The molecule has 5 nitrogen and oxygen atoms in total. The van der Waals surface area contributed by atoms with Gasteiger partial charge in [-0.25, -0.2) is 4.79 Å². The zero-order valence-corrected chi connectivity index (χ0v) is 10.1. The van der Waals surface area contributed by atoms with E-state index in [1.165, 1.54) is 24.2 Å². The van der Waals surface area contributed by atoms with Crippen molar-refractivity contribution >= 4 is 12.4 Å². The van der Waals surface area contributed by atoms with Gasteiger partial charge in [0, 0.05) is 0 Å². The highest BCUT2D eigenvalue weighted by molar-refractivity contribution is 5.75. The first-order valence-corrected chi connectivity index (χ1v) is 5.45. The van der Waals surface area contributed by atoms with Crippen LogP contribution in [0.1, 0.15) is 19.3 Å². The SMILES string of the molecule is COC(=O)C(F)(F)F.O=COC[NH+]1CCCCC1. The monoisotopic (exact) mass is 272 g/mol. The van der Waals surface area contributed by atoms with Gasteiger partial charge >= 0.3 is 12.1 Å². The topological polar surface area (TPSA) is 57.0 Å². The predicted octanol–water partition coefficient (Wildman–Crippen LogP) is -0.0926. The van der Waals surface area contributed by atoms with E-state index in [0.717, 1.165) is 13.1 Å². The Hall–Kier alpha value is -1.31. The molecule has 106 valence electrons. The second kappa shape index (κ2) is 8.73. The fourth-order valence-corrected chi connectivity index (χ4v) is 1.46. The van der Waals surface area contributed by atoms with E-state index in [2.05, 4.69) is 9.47 Å². The van der Waals surface area contributed by atoms with Gasteiger partial charge in [0.1, 0.15) is 0 Å². The minimum Gasteiger partial charge on any atom is -0.462 e. The number of halogens is 3. The first kappa shape index (κ1) is 16.7. The molecule has 0 atom stereocenters. The van der Waals surface area contributed by atoms with Gasteiger partial charge in [0.15, 0.2) is 0 Å². The molecule has 18 heavy (non-hydrogen) atoms. The molecule has 0 aromatic carbocycles. The van der Waals surface area contributed by atoms with Crippen LogP contribution in [-0.2, 0) is 19.1 Å². The van der Waals surface area contributed by atoms with Crippen LogP contribution in [0.25, 0.3) is 0 Å². The van der Waals surface area contributed by atoms with Gasteiger partial charge in [-0.1, -0.05) is 0 Å². The van der Waals surface area contributed by atoms with Crippen molar-refractivity contribution in [1.82, 2.24) is 0 Å². The smallest absolute Gasteiger partial charge is 0.462 e. The highest BCUT2D eigenvalue weighted by Gasteiger charge is 2.39. The average molecular weight is 272 g/mol. The van der Waals surface area contributed by atoms with Crippen LogP contribution in [0.3, 0.4) is 0 Å². The van der Waals surface area contributed by atoms with Crippen molar-refractivity contribution in [3.05, 3.63) is 0 Å². The van der Waals surface area contributed by atoms with Gasteiger partial charge in [0.2, 0.25) is 6.73 Å². The largest absolute Gasteiger partial charge is 0.490 e. The zero-order valence-electron chi connectivity index (χ0n) is 10.1. The molecule has 1 saturated heterocycles. The number of likely N-dealkylation sites (tertiary alicyclic amines) is 1. The summed E-state index contributed by atoms with van der Waals surface area (Å²) in [5, 5.41) is 0. The van der Waals surface area contributed by atoms with Gasteiger partial charge in [0.25, 0.3) is 6.47 Å². The molecule has 0 radical (unpaired) electrons. The van der Waals surface area contributed by atoms with E-state index < -0.39 is 12.1 Å². The lowest BCUT2D eigenvalue weighted by Gasteiger charge is -2.21. The molecular formula is C10H17F3NO4+. The van der Waals surface area contributed by atoms with Crippen molar-refractivity contribution in [2.24, 2.45) is 0 Å². The molecule has 0 bridgehead atoms. The molecule has 0 aliphatic carbocycles. The van der Waals surface area contributed by atoms with E-state index in [1.807, 2.05) is 0 Å². The van der Waals surface area contributed by atoms with Crippen LogP contribution in [0.5, 0.6) is 0 Å². The summed E-state index contributed by atoms with van der Waals surface area (Å²) in [7, 11) is 0.676. The maximum atomic E-state index is 11.0. The summed E-state index contributed by atoms with van der Waals surface area (Å²) in [4.78, 5) is 20.7. The summed E-state index contributed by atoms with van der Waals surface area (Å²) in [6.45, 7) is 3.41. The molecule has 0 saturated carbocycles. The lowest BCUT2D eigenvalue weighted by Crippen LogP contribution is -3.13. The number of ether oxygens (including phenoxy) is 2. The molecule has 1 rings (SSSR count). The maximum absolute atomic E-state index is 11.0. The summed E-state index contributed by atoms with van der Waals surface area (Å²) in [6, 6.07) is 0. The number of hydrogen-bond acceptors (Lipinski definition) is 4. The maximum Gasteiger partial charge on any atom is 0.490 e. The zero-order chi connectivity index (χ0) is 14.0. The van der Waals surface area contributed by atoms with Crippen molar-refractivity contribution in [1.29, 1.82) is 0 Å². The van der Waals surface area contributed by atoms with Gasteiger partial charge in [-0.15, -0.1) is 0 Å². The molecule has 1 fully saturated rings. The number of esters is 1. The normalized spacial score (nSPS) is 16.2. The Morgan fingerprint density at radius 1 is 1.28 bits per heavy atom. The Morgan fingerprint density at radius 2 is 1.83 bits per heavy atom. The minimum absolute atomic E-state index is 0.529. The molecule has 0 spiro atoms.